The van der Waals surface area contributed by atoms with E-state index in [-0.39, 0.29) is 29.9 Å². The second-order valence-electron chi connectivity index (χ2n) is 16.5. The number of nitrogens with one attached hydrogen (secondary N) is 4. The predicted octanol–water partition coefficient (Wildman–Crippen LogP) is 4.75. The lowest BCUT2D eigenvalue weighted by molar-refractivity contribution is -0.143. The molecule has 0 spiro atoms. The van der Waals surface area contributed by atoms with Gasteiger partial charge in [-0.25, -0.2) is 4.79 Å². The summed E-state index contributed by atoms with van der Waals surface area (Å²) in [4.78, 5) is 106. The Morgan fingerprint density at radius 3 is 2.00 bits per heavy atom. The van der Waals surface area contributed by atoms with Gasteiger partial charge in [-0.3, -0.25) is 33.6 Å². The van der Waals surface area contributed by atoms with E-state index in [1.54, 1.807) is 12.1 Å². The number of allylic oxidation sites excluding steroid dienone is 2. The Hall–Kier alpha value is -5.38. The number of fused-ring (bicyclic) bond motifs is 2. The van der Waals surface area contributed by atoms with Gasteiger partial charge in [0.1, 0.15) is 30.2 Å². The van der Waals surface area contributed by atoms with Crippen LogP contribution in [0.1, 0.15) is 158 Å². The first-order valence-electron chi connectivity index (χ1n) is 22.5. The fraction of sp³-hybridized carbons (Fsp3) is 0.617. The van der Waals surface area contributed by atoms with E-state index in [1.807, 2.05) is 6.92 Å². The average Bonchev–Trinajstić information content (AvgIpc) is 3.25. The van der Waals surface area contributed by atoms with E-state index in [1.165, 1.54) is 103 Å². The number of carbonyl (C=O) groups excluding carboxylic acids is 7. The highest BCUT2D eigenvalue weighted by Crippen LogP contribution is 2.30. The van der Waals surface area contributed by atoms with Gasteiger partial charge in [-0.15, -0.1) is 0 Å². The number of hydrogen-bond acceptors (Lipinski definition) is 9. The number of likely N-dealkylation sites (N-methyl/N-ethyl adjacent to an activating group) is 2. The van der Waals surface area contributed by atoms with Gasteiger partial charge in [0.2, 0.25) is 35.4 Å². The molecule has 0 radical (unpaired) electrons. The Balaban J connectivity index is 2.06. The van der Waals surface area contributed by atoms with Crippen LogP contribution in [0.15, 0.2) is 36.4 Å². The van der Waals surface area contributed by atoms with Crippen molar-refractivity contribution in [3.8, 4) is 0 Å². The normalized spacial score (nSPS) is 17.8. The number of benzene rings is 1. The van der Waals surface area contributed by atoms with E-state index in [0.717, 1.165) is 24.2 Å². The molecule has 16 nitrogen and oxygen atoms in total. The fourth-order valence-electron chi connectivity index (χ4n) is 7.45. The van der Waals surface area contributed by atoms with Crippen LogP contribution in [-0.4, -0.2) is 119 Å². The fourth-order valence-corrected chi connectivity index (χ4v) is 7.45. The van der Waals surface area contributed by atoms with Crippen molar-refractivity contribution in [2.75, 3.05) is 27.2 Å². The van der Waals surface area contributed by atoms with Crippen LogP contribution >= 0.6 is 0 Å². The topological polar surface area (TPSA) is 232 Å². The lowest BCUT2D eigenvalue weighted by Gasteiger charge is -2.30. The molecule has 0 aromatic heterocycles. The largest absolute Gasteiger partial charge is 0.480 e. The minimum Gasteiger partial charge on any atom is -0.480 e. The van der Waals surface area contributed by atoms with Gasteiger partial charge in [0.15, 0.2) is 6.29 Å². The molecule has 1 aromatic carbocycles. The molecule has 2 rings (SSSR count). The van der Waals surface area contributed by atoms with Gasteiger partial charge in [-0.05, 0) is 49.5 Å². The molecule has 16 heteroatoms. The zero-order valence-electron chi connectivity index (χ0n) is 38.3. The first-order chi connectivity index (χ1) is 30.0. The number of carbonyl (C=O) groups is 8. The van der Waals surface area contributed by atoms with Gasteiger partial charge in [0.05, 0.1) is 13.2 Å². The van der Waals surface area contributed by atoms with Gasteiger partial charge in [0.25, 0.3) is 0 Å². The molecule has 0 saturated heterocycles. The molecule has 5 unspecified atom stereocenters. The highest BCUT2D eigenvalue weighted by Gasteiger charge is 2.34. The molecule has 63 heavy (non-hydrogen) atoms. The number of amides is 6. The molecule has 1 heterocycles. The van der Waals surface area contributed by atoms with E-state index < -0.39 is 78.9 Å². The number of aliphatic carboxylic acids is 1. The monoisotopic (exact) mass is 881 g/mol. The van der Waals surface area contributed by atoms with E-state index in [2.05, 4.69) is 34.8 Å². The molecule has 1 aliphatic rings. The molecule has 0 fully saturated rings. The summed E-state index contributed by atoms with van der Waals surface area (Å²) in [6.45, 7) is 9.45. The summed E-state index contributed by atoms with van der Waals surface area (Å²) in [7, 11) is 2.75. The summed E-state index contributed by atoms with van der Waals surface area (Å²) < 4.78 is 0. The maximum atomic E-state index is 13.9. The molecule has 6 N–H and O–H groups in total. The highest BCUT2D eigenvalue weighted by molar-refractivity contribution is 5.96. The maximum Gasteiger partial charge on any atom is 0.326 e. The molecular formula is C47H72N6O10. The van der Waals surface area contributed by atoms with E-state index >= 15 is 0 Å². The molecule has 350 valence electrons. The Morgan fingerprint density at radius 2 is 1.46 bits per heavy atom. The number of carboxylic acid groups (broad SMARTS) is 1. The van der Waals surface area contributed by atoms with Crippen LogP contribution in [0.3, 0.4) is 0 Å². The summed E-state index contributed by atoms with van der Waals surface area (Å²) in [5, 5.41) is 29.8. The molecule has 2 bridgehead atoms. The van der Waals surface area contributed by atoms with Crippen LogP contribution in [0.25, 0.3) is 5.57 Å². The molecule has 6 amide bonds. The second-order valence-corrected chi connectivity index (χ2v) is 16.5. The van der Waals surface area contributed by atoms with Crippen molar-refractivity contribution in [1.82, 2.24) is 31.1 Å². The van der Waals surface area contributed by atoms with Crippen LogP contribution in [0.4, 0.5) is 0 Å². The first kappa shape index (κ1) is 53.8. The summed E-state index contributed by atoms with van der Waals surface area (Å²) in [5.41, 5.74) is 1.94. The number of aldehydes is 1. The smallest absolute Gasteiger partial charge is 0.326 e. The SMILES string of the molecule is C=C1C=C(CC)c2cc(ccc2C=O)C(N(C)C(=O)CNC(=O)C(C)NC(=O)C(CO)N(C)C(=O)CCCCCCCCCCCCCCC)C(=O)NC(C)C(=O)NC(C(=O)O)C1. The standard InChI is InChI=1S/C47H72N6O10/c1-8-10-11-12-13-14-15-16-17-18-19-20-21-22-40(56)52(6)39(30-55)45(60)49-32(4)43(58)48-28-41(57)53(7)42-35-23-24-36(29-54)37(27-35)34(9-2)25-31(3)26-38(47(62)63)51-44(59)33(5)50-46(42)61/h23-25,27,29,32-33,38-39,42,55H,3,8-22,26,28,30H2,1-2,4-7H3,(H,48,58)(H,49,60)(H,50,61)(H,51,59)(H,62,63). The van der Waals surface area contributed by atoms with E-state index in [9.17, 15) is 48.6 Å². The van der Waals surface area contributed by atoms with E-state index in [0.29, 0.717) is 35.8 Å². The van der Waals surface area contributed by atoms with Crippen molar-refractivity contribution in [2.24, 2.45) is 0 Å². The van der Waals surface area contributed by atoms with Crippen molar-refractivity contribution < 1.29 is 48.6 Å². The molecule has 0 aliphatic carbocycles. The maximum absolute atomic E-state index is 13.9. The quantitative estimate of drug-likeness (QED) is 0.0583. The third-order valence-corrected chi connectivity index (χ3v) is 11.5. The Bertz CT molecular complexity index is 1780. The summed E-state index contributed by atoms with van der Waals surface area (Å²) >= 11 is 0. The van der Waals surface area contributed by atoms with Gasteiger partial charge >= 0.3 is 5.97 Å². The minimum atomic E-state index is -1.39. The molecular weight excluding hydrogens is 809 g/mol. The number of hydrogen-bond donors (Lipinski definition) is 6. The zero-order valence-corrected chi connectivity index (χ0v) is 38.3. The van der Waals surface area contributed by atoms with Crippen molar-refractivity contribution in [1.29, 1.82) is 0 Å². The number of rotatable bonds is 25. The van der Waals surface area contributed by atoms with Crippen LogP contribution in [0.2, 0.25) is 0 Å². The third-order valence-electron chi connectivity index (χ3n) is 11.5. The first-order valence-corrected chi connectivity index (χ1v) is 22.5. The summed E-state index contributed by atoms with van der Waals surface area (Å²) in [6, 6.07) is -1.88. The second kappa shape index (κ2) is 28.3. The summed E-state index contributed by atoms with van der Waals surface area (Å²) in [6.07, 6.45) is 17.9. The Morgan fingerprint density at radius 1 is 0.873 bits per heavy atom. The van der Waals surface area contributed by atoms with Crippen LogP contribution < -0.4 is 21.3 Å². The number of carboxylic acids is 1. The molecule has 1 aromatic rings. The predicted molar refractivity (Wildman–Crippen MR) is 241 cm³/mol. The number of unbranched alkanes of at least 4 members (excludes halogenated alkanes) is 12. The van der Waals surface area contributed by atoms with Gasteiger partial charge in [0, 0.05) is 32.5 Å². The van der Waals surface area contributed by atoms with Crippen LogP contribution in [0.5, 0.6) is 0 Å². The Kier molecular flexibility index (Phi) is 24.2. The molecule has 0 saturated carbocycles. The van der Waals surface area contributed by atoms with Gasteiger partial charge in [-0.2, -0.15) is 0 Å². The highest BCUT2D eigenvalue weighted by atomic mass is 16.4. The van der Waals surface area contributed by atoms with Crippen LogP contribution in [0, 0.1) is 0 Å². The zero-order chi connectivity index (χ0) is 47.1. The lowest BCUT2D eigenvalue weighted by atomic mass is 9.91. The third kappa shape index (κ3) is 17.7. The van der Waals surface area contributed by atoms with Crippen LogP contribution in [-0.2, 0) is 33.6 Å². The summed E-state index contributed by atoms with van der Waals surface area (Å²) in [5.74, 6) is -5.47. The molecule has 1 aliphatic heterocycles. The average molecular weight is 881 g/mol. The molecule has 5 atom stereocenters. The van der Waals surface area contributed by atoms with Crippen molar-refractivity contribution in [2.45, 2.75) is 161 Å². The van der Waals surface area contributed by atoms with Crippen molar-refractivity contribution >= 4 is 53.3 Å². The van der Waals surface area contributed by atoms with E-state index in [4.69, 9.17) is 0 Å². The van der Waals surface area contributed by atoms with Gasteiger partial charge < -0.3 is 41.3 Å². The minimum absolute atomic E-state index is 0.145. The number of aliphatic hydroxyl groups excluding tert-OH is 1. The Labute approximate surface area is 373 Å². The van der Waals surface area contributed by atoms with Crippen molar-refractivity contribution in [3.05, 3.63) is 53.1 Å². The lowest BCUT2D eigenvalue weighted by Crippen LogP contribution is -2.55. The van der Waals surface area contributed by atoms with Gasteiger partial charge in [-0.1, -0.05) is 121 Å². The number of nitrogens with zero attached hydrogens (tertiary/aromatic N) is 2. The van der Waals surface area contributed by atoms with Crippen molar-refractivity contribution in [3.63, 3.8) is 0 Å². The number of aliphatic hydroxyl groups is 1.